The molecular formula is C16H19ClN4OS. The van der Waals surface area contributed by atoms with Crippen molar-refractivity contribution in [2.24, 2.45) is 5.73 Å². The highest BCUT2D eigenvalue weighted by Gasteiger charge is 2.23. The van der Waals surface area contributed by atoms with Crippen LogP contribution in [0.3, 0.4) is 0 Å². The van der Waals surface area contributed by atoms with Crippen LogP contribution in [-0.4, -0.2) is 30.0 Å². The van der Waals surface area contributed by atoms with Crippen molar-refractivity contribution in [3.63, 3.8) is 0 Å². The summed E-state index contributed by atoms with van der Waals surface area (Å²) in [5.41, 5.74) is 7.01. The summed E-state index contributed by atoms with van der Waals surface area (Å²) in [6.07, 6.45) is 1.97. The van der Waals surface area contributed by atoms with Gasteiger partial charge in [0.15, 0.2) is 0 Å². The Balaban J connectivity index is 1.64. The van der Waals surface area contributed by atoms with Crippen molar-refractivity contribution >= 4 is 34.5 Å². The smallest absolute Gasteiger partial charge is 0.271 e. The van der Waals surface area contributed by atoms with Crippen molar-refractivity contribution < 1.29 is 4.79 Å². The zero-order valence-electron chi connectivity index (χ0n) is 12.7. The Morgan fingerprint density at radius 1 is 1.48 bits per heavy atom. The predicted molar refractivity (Wildman–Crippen MR) is 94.2 cm³/mol. The molecule has 1 aromatic carbocycles. The monoisotopic (exact) mass is 350 g/mol. The Bertz CT molecular complexity index is 690. The Morgan fingerprint density at radius 2 is 2.30 bits per heavy atom. The number of carbonyl (C=O) groups is 1. The molecule has 1 unspecified atom stereocenters. The number of anilines is 1. The molecule has 0 aliphatic carbocycles. The number of nitrogens with two attached hydrogens (primary N) is 1. The average molecular weight is 351 g/mol. The predicted octanol–water partition coefficient (Wildman–Crippen LogP) is 2.65. The van der Waals surface area contributed by atoms with Crippen molar-refractivity contribution in [2.75, 3.05) is 18.0 Å². The van der Waals surface area contributed by atoms with Crippen LogP contribution in [0.1, 0.15) is 28.3 Å². The summed E-state index contributed by atoms with van der Waals surface area (Å²) in [6, 6.07) is 7.90. The first-order valence-corrected chi connectivity index (χ1v) is 8.88. The van der Waals surface area contributed by atoms with E-state index in [2.05, 4.69) is 15.2 Å². The van der Waals surface area contributed by atoms with Crippen molar-refractivity contribution in [1.82, 2.24) is 10.3 Å². The molecule has 0 spiro atoms. The topological polar surface area (TPSA) is 71.2 Å². The minimum absolute atomic E-state index is 0.0931. The van der Waals surface area contributed by atoms with Gasteiger partial charge in [0.05, 0.1) is 10.7 Å². The number of nitrogens with zero attached hydrogens (tertiary/aromatic N) is 2. The van der Waals surface area contributed by atoms with Crippen LogP contribution < -0.4 is 16.0 Å². The first-order valence-electron chi connectivity index (χ1n) is 7.62. The molecule has 1 amide bonds. The van der Waals surface area contributed by atoms with E-state index in [0.717, 1.165) is 41.6 Å². The van der Waals surface area contributed by atoms with Crippen molar-refractivity contribution in [3.05, 3.63) is 45.4 Å². The van der Waals surface area contributed by atoms with Crippen LogP contribution in [0.4, 0.5) is 5.69 Å². The number of thiazole rings is 1. The molecule has 1 aromatic heterocycles. The number of halogens is 1. The maximum absolute atomic E-state index is 12.3. The van der Waals surface area contributed by atoms with Crippen molar-refractivity contribution in [2.45, 2.75) is 25.4 Å². The third-order valence-corrected chi connectivity index (χ3v) is 5.10. The summed E-state index contributed by atoms with van der Waals surface area (Å²) >= 11 is 7.69. The van der Waals surface area contributed by atoms with E-state index in [4.69, 9.17) is 17.3 Å². The SMILES string of the molecule is NCc1nc(C(=O)NC2CCCN(c3ccccc3Cl)C2)cs1. The second kappa shape index (κ2) is 7.29. The number of carbonyl (C=O) groups excluding carboxylic acids is 1. The number of piperidine rings is 1. The number of rotatable bonds is 4. The first-order chi connectivity index (χ1) is 11.2. The largest absolute Gasteiger partial charge is 0.368 e. The van der Waals surface area contributed by atoms with Gasteiger partial charge in [-0.15, -0.1) is 11.3 Å². The summed E-state index contributed by atoms with van der Waals surface area (Å²) in [4.78, 5) is 18.8. The van der Waals surface area contributed by atoms with E-state index in [-0.39, 0.29) is 11.9 Å². The van der Waals surface area contributed by atoms with Gasteiger partial charge in [-0.3, -0.25) is 4.79 Å². The van der Waals surface area contributed by atoms with Crippen LogP contribution >= 0.6 is 22.9 Å². The second-order valence-corrected chi connectivity index (χ2v) is 6.89. The summed E-state index contributed by atoms with van der Waals surface area (Å²) in [7, 11) is 0. The highest BCUT2D eigenvalue weighted by Crippen LogP contribution is 2.27. The van der Waals surface area contributed by atoms with Gasteiger partial charge < -0.3 is 16.0 Å². The maximum atomic E-state index is 12.3. The third-order valence-electron chi connectivity index (χ3n) is 3.91. The first kappa shape index (κ1) is 16.2. The summed E-state index contributed by atoms with van der Waals surface area (Å²) in [6.45, 7) is 2.06. The number of benzene rings is 1. The fourth-order valence-electron chi connectivity index (χ4n) is 2.79. The van der Waals surface area contributed by atoms with E-state index in [1.54, 1.807) is 5.38 Å². The Hall–Kier alpha value is -1.63. The van der Waals surface area contributed by atoms with Crippen LogP contribution in [0.25, 0.3) is 0 Å². The zero-order valence-corrected chi connectivity index (χ0v) is 14.2. The van der Waals surface area contributed by atoms with Gasteiger partial charge >= 0.3 is 0 Å². The summed E-state index contributed by atoms with van der Waals surface area (Å²) in [5.74, 6) is -0.132. The number of hydrogen-bond donors (Lipinski definition) is 2. The molecule has 1 saturated heterocycles. The standard InChI is InChI=1S/C16H19ClN4OS/c17-12-5-1-2-6-14(12)21-7-3-4-11(9-21)19-16(22)13-10-23-15(8-18)20-13/h1-2,5-6,10-11H,3-4,7-9,18H2,(H,19,22). The van der Waals surface area contributed by atoms with E-state index < -0.39 is 0 Å². The molecule has 3 rings (SSSR count). The zero-order chi connectivity index (χ0) is 16.2. The molecule has 3 N–H and O–H groups in total. The van der Waals surface area contributed by atoms with Gasteiger partial charge in [-0.25, -0.2) is 4.98 Å². The van der Waals surface area contributed by atoms with Gasteiger partial charge in [-0.1, -0.05) is 23.7 Å². The molecule has 0 saturated carbocycles. The van der Waals surface area contributed by atoms with Crippen LogP contribution in [0.2, 0.25) is 5.02 Å². The van der Waals surface area contributed by atoms with Gasteiger partial charge in [0, 0.05) is 31.1 Å². The second-order valence-electron chi connectivity index (χ2n) is 5.54. The molecular weight excluding hydrogens is 332 g/mol. The molecule has 7 heteroatoms. The van der Waals surface area contributed by atoms with E-state index in [1.807, 2.05) is 24.3 Å². The highest BCUT2D eigenvalue weighted by atomic mass is 35.5. The van der Waals surface area contributed by atoms with Gasteiger partial charge in [0.25, 0.3) is 5.91 Å². The molecule has 2 heterocycles. The van der Waals surface area contributed by atoms with E-state index in [0.29, 0.717) is 12.2 Å². The van der Waals surface area contributed by atoms with Crippen molar-refractivity contribution in [1.29, 1.82) is 0 Å². The molecule has 1 atom stereocenters. The third kappa shape index (κ3) is 3.83. The fraction of sp³-hybridized carbons (Fsp3) is 0.375. The summed E-state index contributed by atoms with van der Waals surface area (Å²) < 4.78 is 0. The van der Waals surface area contributed by atoms with Crippen LogP contribution in [0, 0.1) is 0 Å². The van der Waals surface area contributed by atoms with E-state index in [9.17, 15) is 4.79 Å². The molecule has 0 radical (unpaired) electrons. The van der Waals surface area contributed by atoms with Crippen LogP contribution in [-0.2, 0) is 6.54 Å². The molecule has 23 heavy (non-hydrogen) atoms. The Labute approximate surface area is 144 Å². The lowest BCUT2D eigenvalue weighted by molar-refractivity contribution is 0.0928. The molecule has 5 nitrogen and oxygen atoms in total. The average Bonchev–Trinajstić information content (AvgIpc) is 3.05. The van der Waals surface area contributed by atoms with Gasteiger partial charge in [0.2, 0.25) is 0 Å². The van der Waals surface area contributed by atoms with Gasteiger partial charge in [0.1, 0.15) is 10.7 Å². The molecule has 2 aromatic rings. The quantitative estimate of drug-likeness (QED) is 0.889. The molecule has 0 bridgehead atoms. The van der Waals surface area contributed by atoms with E-state index in [1.165, 1.54) is 11.3 Å². The molecule has 1 fully saturated rings. The minimum atomic E-state index is -0.132. The molecule has 1 aliphatic rings. The van der Waals surface area contributed by atoms with E-state index >= 15 is 0 Å². The maximum Gasteiger partial charge on any atom is 0.271 e. The lowest BCUT2D eigenvalue weighted by Crippen LogP contribution is -2.48. The fourth-order valence-corrected chi connectivity index (χ4v) is 3.70. The number of amides is 1. The van der Waals surface area contributed by atoms with Crippen molar-refractivity contribution in [3.8, 4) is 0 Å². The summed E-state index contributed by atoms with van der Waals surface area (Å²) in [5, 5.41) is 6.34. The Morgan fingerprint density at radius 3 is 3.04 bits per heavy atom. The molecule has 1 aliphatic heterocycles. The molecule has 122 valence electrons. The minimum Gasteiger partial charge on any atom is -0.368 e. The number of nitrogens with one attached hydrogen (secondary N) is 1. The Kier molecular flexibility index (Phi) is 5.15. The van der Waals surface area contributed by atoms with Crippen LogP contribution in [0.15, 0.2) is 29.6 Å². The van der Waals surface area contributed by atoms with Crippen LogP contribution in [0.5, 0.6) is 0 Å². The van der Waals surface area contributed by atoms with Gasteiger partial charge in [-0.2, -0.15) is 0 Å². The number of para-hydroxylation sites is 1. The normalized spacial score (nSPS) is 18.0. The highest BCUT2D eigenvalue weighted by molar-refractivity contribution is 7.09. The lowest BCUT2D eigenvalue weighted by Gasteiger charge is -2.35. The number of aromatic nitrogens is 1. The van der Waals surface area contributed by atoms with Gasteiger partial charge in [-0.05, 0) is 25.0 Å². The number of hydrogen-bond acceptors (Lipinski definition) is 5. The lowest BCUT2D eigenvalue weighted by atomic mass is 10.0.